The first-order valence-electron chi connectivity index (χ1n) is 10.8. The SMILES string of the molecule is CC(C)(C)OC(=O)NC1CCN(CC2CCc3c(F)ccc4ccc(=O)n2c34)CC1. The lowest BCUT2D eigenvalue weighted by Gasteiger charge is -2.37. The number of halogens is 1. The van der Waals surface area contributed by atoms with Gasteiger partial charge < -0.3 is 19.5 Å². The molecule has 0 spiro atoms. The van der Waals surface area contributed by atoms with Gasteiger partial charge in [0.2, 0.25) is 0 Å². The zero-order valence-electron chi connectivity index (χ0n) is 17.9. The molecule has 0 aliphatic carbocycles. The second-order valence-electron chi connectivity index (χ2n) is 9.42. The number of nitrogens with zero attached hydrogens (tertiary/aromatic N) is 2. The number of rotatable bonds is 3. The molecule has 1 unspecified atom stereocenters. The predicted molar refractivity (Wildman–Crippen MR) is 114 cm³/mol. The number of alkyl carbamates (subject to hydrolysis) is 1. The zero-order chi connectivity index (χ0) is 21.5. The van der Waals surface area contributed by atoms with Gasteiger partial charge >= 0.3 is 6.09 Å². The highest BCUT2D eigenvalue weighted by atomic mass is 19.1. The van der Waals surface area contributed by atoms with Crippen molar-refractivity contribution >= 4 is 17.0 Å². The van der Waals surface area contributed by atoms with Gasteiger partial charge in [0.05, 0.1) is 11.6 Å². The molecule has 1 N–H and O–H groups in total. The van der Waals surface area contributed by atoms with Gasteiger partial charge in [0, 0.05) is 37.3 Å². The minimum Gasteiger partial charge on any atom is -0.444 e. The van der Waals surface area contributed by atoms with E-state index >= 15 is 0 Å². The van der Waals surface area contributed by atoms with Gasteiger partial charge in [-0.2, -0.15) is 0 Å². The fourth-order valence-electron chi connectivity index (χ4n) is 4.65. The Balaban J connectivity index is 1.42. The van der Waals surface area contributed by atoms with E-state index in [4.69, 9.17) is 4.74 Å². The van der Waals surface area contributed by atoms with Crippen molar-refractivity contribution < 1.29 is 13.9 Å². The molecule has 2 aliphatic rings. The van der Waals surface area contributed by atoms with Gasteiger partial charge in [0.25, 0.3) is 5.56 Å². The highest BCUT2D eigenvalue weighted by molar-refractivity contribution is 5.83. The summed E-state index contributed by atoms with van der Waals surface area (Å²) >= 11 is 0. The summed E-state index contributed by atoms with van der Waals surface area (Å²) in [5.74, 6) is -0.227. The van der Waals surface area contributed by atoms with Crippen molar-refractivity contribution in [2.24, 2.45) is 0 Å². The van der Waals surface area contributed by atoms with Crippen LogP contribution in [-0.2, 0) is 11.2 Å². The van der Waals surface area contributed by atoms with Crippen LogP contribution in [-0.4, -0.2) is 46.8 Å². The first-order chi connectivity index (χ1) is 14.2. The van der Waals surface area contributed by atoms with Crippen LogP contribution in [0.4, 0.5) is 9.18 Å². The lowest BCUT2D eigenvalue weighted by molar-refractivity contribution is 0.0475. The minimum atomic E-state index is -0.504. The summed E-state index contributed by atoms with van der Waals surface area (Å²) in [6, 6.07) is 6.75. The molecule has 1 aromatic carbocycles. The van der Waals surface area contributed by atoms with E-state index in [1.807, 2.05) is 20.8 Å². The standard InChI is InChI=1S/C23H30FN3O3/c1-23(2,3)30-22(29)25-16-10-12-26(13-11-16)14-17-6-7-18-19(24)8-4-15-5-9-20(28)27(17)21(15)18/h4-5,8-9,16-17H,6-7,10-14H2,1-3H3,(H,25,29). The molecule has 0 saturated carbocycles. The molecule has 1 aromatic heterocycles. The number of carbonyl (C=O) groups is 1. The maximum absolute atomic E-state index is 14.3. The van der Waals surface area contributed by atoms with Gasteiger partial charge in [-0.3, -0.25) is 4.79 Å². The van der Waals surface area contributed by atoms with Crippen LogP contribution in [0, 0.1) is 5.82 Å². The average molecular weight is 416 g/mol. The van der Waals surface area contributed by atoms with Crippen LogP contribution in [0.5, 0.6) is 0 Å². The van der Waals surface area contributed by atoms with E-state index in [0.29, 0.717) is 12.0 Å². The van der Waals surface area contributed by atoms with Crippen LogP contribution in [0.25, 0.3) is 10.9 Å². The number of hydrogen-bond acceptors (Lipinski definition) is 4. The van der Waals surface area contributed by atoms with Crippen LogP contribution >= 0.6 is 0 Å². The summed E-state index contributed by atoms with van der Waals surface area (Å²) in [5, 5.41) is 3.87. The fourth-order valence-corrected chi connectivity index (χ4v) is 4.65. The maximum Gasteiger partial charge on any atom is 0.407 e. The third kappa shape index (κ3) is 4.36. The Bertz CT molecular complexity index is 1000. The van der Waals surface area contributed by atoms with Crippen molar-refractivity contribution in [3.63, 3.8) is 0 Å². The Hall–Kier alpha value is -2.41. The monoisotopic (exact) mass is 415 g/mol. The molecule has 0 bridgehead atoms. The Kier molecular flexibility index (Phi) is 5.57. The van der Waals surface area contributed by atoms with Crippen molar-refractivity contribution in [3.05, 3.63) is 46.0 Å². The summed E-state index contributed by atoms with van der Waals surface area (Å²) in [4.78, 5) is 27.0. The van der Waals surface area contributed by atoms with E-state index < -0.39 is 5.60 Å². The molecule has 0 radical (unpaired) electrons. The van der Waals surface area contributed by atoms with Crippen molar-refractivity contribution in [1.29, 1.82) is 0 Å². The van der Waals surface area contributed by atoms with Gasteiger partial charge in [0.1, 0.15) is 11.4 Å². The Morgan fingerprint density at radius 2 is 1.87 bits per heavy atom. The minimum absolute atomic E-state index is 0.0332. The molecule has 162 valence electrons. The van der Waals surface area contributed by atoms with Crippen LogP contribution < -0.4 is 10.9 Å². The number of carbonyl (C=O) groups excluding carboxylic acids is 1. The smallest absolute Gasteiger partial charge is 0.407 e. The maximum atomic E-state index is 14.3. The normalized spacial score (nSPS) is 20.3. The molecule has 2 aromatic rings. The lowest BCUT2D eigenvalue weighted by Crippen LogP contribution is -2.47. The highest BCUT2D eigenvalue weighted by Crippen LogP contribution is 2.32. The van der Waals surface area contributed by atoms with Crippen molar-refractivity contribution in [3.8, 4) is 0 Å². The lowest BCUT2D eigenvalue weighted by atomic mass is 9.95. The summed E-state index contributed by atoms with van der Waals surface area (Å²) in [7, 11) is 0. The molecule has 4 rings (SSSR count). The van der Waals surface area contributed by atoms with Crippen LogP contribution in [0.15, 0.2) is 29.1 Å². The van der Waals surface area contributed by atoms with Crippen molar-refractivity contribution in [2.75, 3.05) is 19.6 Å². The number of aryl methyl sites for hydroxylation is 1. The Labute approximate surface area is 176 Å². The van der Waals surface area contributed by atoms with Gasteiger partial charge in [-0.15, -0.1) is 0 Å². The van der Waals surface area contributed by atoms with Crippen molar-refractivity contribution in [2.45, 2.75) is 64.1 Å². The number of aromatic nitrogens is 1. The first kappa shape index (κ1) is 20.8. The average Bonchev–Trinajstić information content (AvgIpc) is 2.67. The van der Waals surface area contributed by atoms with E-state index in [1.54, 1.807) is 22.8 Å². The molecule has 30 heavy (non-hydrogen) atoms. The van der Waals surface area contributed by atoms with Crippen LogP contribution in [0.1, 0.15) is 51.6 Å². The largest absolute Gasteiger partial charge is 0.444 e. The van der Waals surface area contributed by atoms with E-state index in [2.05, 4.69) is 10.2 Å². The summed E-state index contributed by atoms with van der Waals surface area (Å²) in [6.07, 6.45) is 2.72. The number of piperidine rings is 1. The van der Waals surface area contributed by atoms with Gasteiger partial charge in [-0.1, -0.05) is 0 Å². The second-order valence-corrected chi connectivity index (χ2v) is 9.42. The number of hydrogen-bond donors (Lipinski definition) is 1. The first-order valence-corrected chi connectivity index (χ1v) is 10.8. The summed E-state index contributed by atoms with van der Waals surface area (Å²) in [5.41, 5.74) is 0.831. The fraction of sp³-hybridized carbons (Fsp3) is 0.565. The Morgan fingerprint density at radius 1 is 1.17 bits per heavy atom. The second kappa shape index (κ2) is 8.02. The van der Waals surface area contributed by atoms with E-state index in [0.717, 1.165) is 49.8 Å². The van der Waals surface area contributed by atoms with E-state index in [1.165, 1.54) is 6.07 Å². The number of pyridine rings is 1. The third-order valence-corrected chi connectivity index (χ3v) is 6.01. The summed E-state index contributed by atoms with van der Waals surface area (Å²) in [6.45, 7) is 8.01. The summed E-state index contributed by atoms with van der Waals surface area (Å²) < 4.78 is 21.5. The molecule has 1 atom stereocenters. The quantitative estimate of drug-likeness (QED) is 0.832. The van der Waals surface area contributed by atoms with Gasteiger partial charge in [0.15, 0.2) is 0 Å². The highest BCUT2D eigenvalue weighted by Gasteiger charge is 2.29. The topological polar surface area (TPSA) is 63.6 Å². The zero-order valence-corrected chi connectivity index (χ0v) is 17.9. The molecule has 2 aliphatic heterocycles. The van der Waals surface area contributed by atoms with Gasteiger partial charge in [-0.25, -0.2) is 9.18 Å². The molecular weight excluding hydrogens is 385 g/mol. The molecule has 7 heteroatoms. The third-order valence-electron chi connectivity index (χ3n) is 6.01. The number of likely N-dealkylation sites (tertiary alicyclic amines) is 1. The number of nitrogens with one attached hydrogen (secondary N) is 1. The molecular formula is C23H30FN3O3. The molecule has 1 fully saturated rings. The Morgan fingerprint density at radius 3 is 2.57 bits per heavy atom. The molecule has 6 nitrogen and oxygen atoms in total. The van der Waals surface area contributed by atoms with Crippen LogP contribution in [0.3, 0.4) is 0 Å². The van der Waals surface area contributed by atoms with Crippen LogP contribution in [0.2, 0.25) is 0 Å². The number of benzene rings is 1. The van der Waals surface area contributed by atoms with Gasteiger partial charge in [-0.05, 0) is 70.0 Å². The van der Waals surface area contributed by atoms with E-state index in [9.17, 15) is 14.0 Å². The molecule has 1 amide bonds. The predicted octanol–water partition coefficient (Wildman–Crippen LogP) is 3.62. The number of ether oxygens (including phenoxy) is 1. The van der Waals surface area contributed by atoms with E-state index in [-0.39, 0.29) is 29.6 Å². The number of amides is 1. The molecule has 1 saturated heterocycles. The van der Waals surface area contributed by atoms with Crippen molar-refractivity contribution in [1.82, 2.24) is 14.8 Å². The molecule has 3 heterocycles.